The minimum Gasteiger partial charge on any atom is -0.298 e. The fraction of sp³-hybridized carbons (Fsp3) is 0.200. The van der Waals surface area contributed by atoms with Gasteiger partial charge in [0.05, 0.1) is 5.52 Å². The molecular weight excluding hydrogens is 242 g/mol. The summed E-state index contributed by atoms with van der Waals surface area (Å²) in [7, 11) is 0. The minimum atomic E-state index is 0.667. The first-order valence-electron chi connectivity index (χ1n) is 5.82. The molecule has 0 aliphatic rings. The Kier molecular flexibility index (Phi) is 4.15. The molecule has 0 unspecified atom stereocenters. The van der Waals surface area contributed by atoms with E-state index < -0.39 is 0 Å². The molecule has 0 aliphatic heterocycles. The Morgan fingerprint density at radius 2 is 2.11 bits per heavy atom. The van der Waals surface area contributed by atoms with Crippen LogP contribution in [0.4, 0.5) is 0 Å². The molecule has 2 nitrogen and oxygen atoms in total. The highest BCUT2D eigenvalue weighted by atomic mass is 32.2. The molecule has 1 heterocycles. The lowest BCUT2D eigenvalue weighted by molar-refractivity contribution is 0.112. The first-order valence-corrected chi connectivity index (χ1v) is 6.80. The van der Waals surface area contributed by atoms with E-state index in [2.05, 4.69) is 24.9 Å². The van der Waals surface area contributed by atoms with E-state index in [1.807, 2.05) is 30.3 Å². The van der Waals surface area contributed by atoms with Gasteiger partial charge >= 0.3 is 0 Å². The van der Waals surface area contributed by atoms with Gasteiger partial charge in [0, 0.05) is 16.7 Å². The lowest BCUT2D eigenvalue weighted by atomic mass is 10.2. The van der Waals surface area contributed by atoms with Crippen LogP contribution in [-0.2, 0) is 0 Å². The normalized spacial score (nSPS) is 10.3. The van der Waals surface area contributed by atoms with Crippen LogP contribution in [0.25, 0.3) is 10.9 Å². The first-order chi connectivity index (χ1) is 8.70. The first kappa shape index (κ1) is 12.8. The summed E-state index contributed by atoms with van der Waals surface area (Å²) in [6.07, 6.45) is 3.01. The maximum atomic E-state index is 11.1. The van der Waals surface area contributed by atoms with Crippen molar-refractivity contribution in [2.75, 3.05) is 5.75 Å². The van der Waals surface area contributed by atoms with Crippen molar-refractivity contribution in [3.05, 3.63) is 47.5 Å². The molecule has 0 saturated heterocycles. The summed E-state index contributed by atoms with van der Waals surface area (Å²) in [5.74, 6) is 0.842. The van der Waals surface area contributed by atoms with Gasteiger partial charge in [0.15, 0.2) is 6.29 Å². The van der Waals surface area contributed by atoms with Gasteiger partial charge in [-0.25, -0.2) is 4.98 Å². The molecule has 0 spiro atoms. The van der Waals surface area contributed by atoms with Crippen LogP contribution < -0.4 is 0 Å². The fourth-order valence-electron chi connectivity index (χ4n) is 1.60. The molecule has 0 radical (unpaired) electrons. The van der Waals surface area contributed by atoms with Crippen molar-refractivity contribution in [3.8, 4) is 0 Å². The number of benzene rings is 1. The van der Waals surface area contributed by atoms with Crippen molar-refractivity contribution in [2.45, 2.75) is 18.9 Å². The second kappa shape index (κ2) is 5.83. The number of para-hydroxylation sites is 1. The maximum absolute atomic E-state index is 11.1. The Morgan fingerprint density at radius 1 is 1.33 bits per heavy atom. The molecule has 1 aromatic carbocycles. The number of aromatic nitrogens is 1. The molecule has 18 heavy (non-hydrogen) atoms. The van der Waals surface area contributed by atoms with Gasteiger partial charge in [-0.1, -0.05) is 29.8 Å². The van der Waals surface area contributed by atoms with Gasteiger partial charge in [-0.2, -0.15) is 0 Å². The smallest absolute Gasteiger partial charge is 0.152 e. The quantitative estimate of drug-likeness (QED) is 0.469. The highest BCUT2D eigenvalue weighted by Gasteiger charge is 2.06. The third kappa shape index (κ3) is 2.99. The number of fused-ring (bicyclic) bond motifs is 1. The Labute approximate surface area is 111 Å². The molecule has 1 aromatic heterocycles. The van der Waals surface area contributed by atoms with Crippen LogP contribution in [0, 0.1) is 0 Å². The maximum Gasteiger partial charge on any atom is 0.152 e. The highest BCUT2D eigenvalue weighted by molar-refractivity contribution is 7.99. The van der Waals surface area contributed by atoms with Crippen molar-refractivity contribution in [1.82, 2.24) is 4.98 Å². The summed E-state index contributed by atoms with van der Waals surface area (Å²) < 4.78 is 0. The molecule has 0 saturated carbocycles. The Bertz CT molecular complexity index is 600. The van der Waals surface area contributed by atoms with Crippen LogP contribution in [-0.4, -0.2) is 17.0 Å². The lowest BCUT2D eigenvalue weighted by Gasteiger charge is -2.05. The molecule has 0 atom stereocenters. The van der Waals surface area contributed by atoms with Gasteiger partial charge in [-0.15, -0.1) is 11.8 Å². The van der Waals surface area contributed by atoms with Crippen molar-refractivity contribution in [1.29, 1.82) is 0 Å². The molecule has 2 aromatic rings. The molecule has 0 bridgehead atoms. The van der Waals surface area contributed by atoms with Crippen molar-refractivity contribution >= 4 is 29.0 Å². The Morgan fingerprint density at radius 3 is 2.83 bits per heavy atom. The van der Waals surface area contributed by atoms with E-state index in [1.54, 1.807) is 11.8 Å². The number of hydrogen-bond donors (Lipinski definition) is 0. The van der Waals surface area contributed by atoms with Gasteiger partial charge in [0.25, 0.3) is 0 Å². The fourth-order valence-corrected chi connectivity index (χ4v) is 2.61. The predicted octanol–water partition coefficient (Wildman–Crippen LogP) is 4.11. The van der Waals surface area contributed by atoms with Crippen molar-refractivity contribution in [3.63, 3.8) is 0 Å². The monoisotopic (exact) mass is 257 g/mol. The van der Waals surface area contributed by atoms with E-state index in [9.17, 15) is 4.79 Å². The van der Waals surface area contributed by atoms with Crippen LogP contribution in [0.2, 0.25) is 0 Å². The number of rotatable bonds is 4. The molecule has 0 aliphatic carbocycles. The number of pyridine rings is 1. The largest absolute Gasteiger partial charge is 0.298 e. The van der Waals surface area contributed by atoms with Crippen LogP contribution in [0.5, 0.6) is 0 Å². The summed E-state index contributed by atoms with van der Waals surface area (Å²) in [5.41, 5.74) is 2.87. The standard InChI is InChI=1S/C15H15NOS/c1-11(2)7-8-18-15-13(10-17)9-12-5-3-4-6-14(12)16-15/h3-7,9-10H,8H2,1-2H3. The summed E-state index contributed by atoms with van der Waals surface area (Å²) in [4.78, 5) is 15.6. The minimum absolute atomic E-state index is 0.667. The second-order valence-corrected chi connectivity index (χ2v) is 5.29. The molecule has 92 valence electrons. The average Bonchev–Trinajstić information content (AvgIpc) is 2.37. The Hall–Kier alpha value is -1.61. The van der Waals surface area contributed by atoms with Gasteiger partial charge in [0.2, 0.25) is 0 Å². The molecule has 0 amide bonds. The van der Waals surface area contributed by atoms with E-state index in [-0.39, 0.29) is 0 Å². The topological polar surface area (TPSA) is 30.0 Å². The van der Waals surface area contributed by atoms with Crippen LogP contribution in [0.3, 0.4) is 0 Å². The van der Waals surface area contributed by atoms with Gasteiger partial charge in [-0.3, -0.25) is 4.79 Å². The molecule has 3 heteroatoms. The number of hydrogen-bond acceptors (Lipinski definition) is 3. The van der Waals surface area contributed by atoms with E-state index in [4.69, 9.17) is 0 Å². The summed E-state index contributed by atoms with van der Waals surface area (Å²) in [6.45, 7) is 4.13. The second-order valence-electron chi connectivity index (χ2n) is 4.29. The third-order valence-corrected chi connectivity index (χ3v) is 3.49. The molecular formula is C15H15NOS. The van der Waals surface area contributed by atoms with E-state index in [1.165, 1.54) is 5.57 Å². The number of carbonyl (C=O) groups is 1. The number of aldehydes is 1. The average molecular weight is 257 g/mol. The summed E-state index contributed by atoms with van der Waals surface area (Å²) in [6, 6.07) is 9.75. The number of nitrogens with zero attached hydrogens (tertiary/aromatic N) is 1. The molecule has 0 fully saturated rings. The zero-order valence-corrected chi connectivity index (χ0v) is 11.3. The highest BCUT2D eigenvalue weighted by Crippen LogP contribution is 2.24. The Balaban J connectivity index is 2.36. The molecule has 2 rings (SSSR count). The van der Waals surface area contributed by atoms with Gasteiger partial charge in [-0.05, 0) is 26.0 Å². The number of carbonyl (C=O) groups excluding carboxylic acids is 1. The zero-order valence-electron chi connectivity index (χ0n) is 10.5. The van der Waals surface area contributed by atoms with Crippen LogP contribution in [0.15, 0.2) is 47.0 Å². The van der Waals surface area contributed by atoms with E-state index >= 15 is 0 Å². The van der Waals surface area contributed by atoms with Gasteiger partial charge in [0.1, 0.15) is 5.03 Å². The number of thioether (sulfide) groups is 1. The lowest BCUT2D eigenvalue weighted by Crippen LogP contribution is -1.92. The summed E-state index contributed by atoms with van der Waals surface area (Å²) >= 11 is 1.60. The van der Waals surface area contributed by atoms with E-state index in [0.717, 1.165) is 28.0 Å². The zero-order chi connectivity index (χ0) is 13.0. The van der Waals surface area contributed by atoms with Crippen LogP contribution >= 0.6 is 11.8 Å². The SMILES string of the molecule is CC(C)=CCSc1nc2ccccc2cc1C=O. The predicted molar refractivity (Wildman–Crippen MR) is 77.3 cm³/mol. The van der Waals surface area contributed by atoms with Gasteiger partial charge < -0.3 is 0 Å². The third-order valence-electron chi connectivity index (χ3n) is 2.56. The van der Waals surface area contributed by atoms with E-state index in [0.29, 0.717) is 5.56 Å². The van der Waals surface area contributed by atoms with Crippen molar-refractivity contribution in [2.24, 2.45) is 0 Å². The van der Waals surface area contributed by atoms with Crippen molar-refractivity contribution < 1.29 is 4.79 Å². The summed E-state index contributed by atoms with van der Waals surface area (Å²) in [5, 5.41) is 1.81. The van der Waals surface area contributed by atoms with Crippen LogP contribution in [0.1, 0.15) is 24.2 Å². The molecule has 0 N–H and O–H groups in total. The number of allylic oxidation sites excluding steroid dienone is 1.